The van der Waals surface area contributed by atoms with Gasteiger partial charge in [-0.2, -0.15) is 15.5 Å². The van der Waals surface area contributed by atoms with Crippen LogP contribution >= 0.6 is 0 Å². The van der Waals surface area contributed by atoms with Crippen LogP contribution in [0.3, 0.4) is 0 Å². The zero-order valence-electron chi connectivity index (χ0n) is 18.5. The number of methoxy groups -OCH3 is 1. The second-order valence-corrected chi connectivity index (χ2v) is 9.50. The number of halogens is 1. The minimum atomic E-state index is -1.07. The lowest BCUT2D eigenvalue weighted by atomic mass is 9.75. The first kappa shape index (κ1) is 20.3. The molecule has 1 amide bonds. The second kappa shape index (κ2) is 7.09. The van der Waals surface area contributed by atoms with Gasteiger partial charge in [0.05, 0.1) is 42.5 Å². The lowest BCUT2D eigenvalue weighted by Crippen LogP contribution is -2.37. The molecule has 0 spiro atoms. The van der Waals surface area contributed by atoms with E-state index in [9.17, 15) is 14.4 Å². The summed E-state index contributed by atoms with van der Waals surface area (Å²) in [5.74, 6) is -0.758. The normalized spacial score (nSPS) is 29.5. The monoisotopic (exact) mass is 449 g/mol. The van der Waals surface area contributed by atoms with Gasteiger partial charge in [0.2, 0.25) is 5.91 Å². The first-order valence-corrected chi connectivity index (χ1v) is 11.3. The van der Waals surface area contributed by atoms with Gasteiger partial charge in [0.15, 0.2) is 11.6 Å². The van der Waals surface area contributed by atoms with Crippen molar-refractivity contribution in [3.05, 3.63) is 30.6 Å². The number of hydrogen-bond donors (Lipinski definition) is 0. The maximum atomic E-state index is 14.7. The Morgan fingerprint density at radius 1 is 1.24 bits per heavy atom. The van der Waals surface area contributed by atoms with Gasteiger partial charge in [0.25, 0.3) is 0 Å². The molecule has 9 nitrogen and oxygen atoms in total. The van der Waals surface area contributed by atoms with Gasteiger partial charge in [-0.25, -0.2) is 13.9 Å². The number of amides is 1. The molecule has 0 radical (unpaired) electrons. The minimum Gasteiger partial charge on any atom is -0.381 e. The van der Waals surface area contributed by atoms with Crippen LogP contribution in [0.4, 0.5) is 10.2 Å². The zero-order chi connectivity index (χ0) is 22.9. The number of hydrogen-bond acceptors (Lipinski definition) is 6. The number of ether oxygens (including phenoxy) is 1. The van der Waals surface area contributed by atoms with Gasteiger partial charge in [-0.3, -0.25) is 14.4 Å². The van der Waals surface area contributed by atoms with Crippen LogP contribution in [0.25, 0.3) is 16.8 Å². The van der Waals surface area contributed by atoms with Crippen molar-refractivity contribution in [2.75, 3.05) is 18.6 Å². The summed E-state index contributed by atoms with van der Waals surface area (Å²) >= 11 is 0. The number of rotatable bonds is 5. The molecule has 3 aliphatic rings. The second-order valence-electron chi connectivity index (χ2n) is 9.50. The van der Waals surface area contributed by atoms with E-state index >= 15 is 0 Å². The molecule has 10 heteroatoms. The zero-order valence-corrected chi connectivity index (χ0v) is 18.5. The van der Waals surface area contributed by atoms with E-state index in [1.165, 1.54) is 9.42 Å². The quantitative estimate of drug-likeness (QED) is 0.594. The van der Waals surface area contributed by atoms with Crippen molar-refractivity contribution in [1.29, 1.82) is 5.26 Å². The molecule has 3 aromatic rings. The SMILES string of the molecule is COC1CC(n2cc(-c3cn4ncc(F)c4c(N4CC(C)C(C#N)(C5CC5)C4=O)n3)cn2)C1. The predicted octanol–water partition coefficient (Wildman–Crippen LogP) is 2.98. The Hall–Kier alpha value is -3.32. The molecule has 1 aliphatic heterocycles. The summed E-state index contributed by atoms with van der Waals surface area (Å²) in [7, 11) is 1.71. The maximum absolute atomic E-state index is 14.7. The first-order valence-electron chi connectivity index (χ1n) is 11.3. The van der Waals surface area contributed by atoms with Gasteiger partial charge in [-0.1, -0.05) is 6.92 Å². The van der Waals surface area contributed by atoms with Gasteiger partial charge in [-0.15, -0.1) is 0 Å². The van der Waals surface area contributed by atoms with Crippen molar-refractivity contribution in [1.82, 2.24) is 24.4 Å². The number of carbonyl (C=O) groups is 1. The Kier molecular flexibility index (Phi) is 4.36. The van der Waals surface area contributed by atoms with Gasteiger partial charge >= 0.3 is 0 Å². The fourth-order valence-electron chi connectivity index (χ4n) is 5.39. The molecular formula is C23H24FN7O2. The van der Waals surface area contributed by atoms with E-state index in [2.05, 4.69) is 16.3 Å². The van der Waals surface area contributed by atoms with Crippen LogP contribution in [-0.4, -0.2) is 50.0 Å². The molecule has 2 atom stereocenters. The lowest BCUT2D eigenvalue weighted by Gasteiger charge is -2.34. The summed E-state index contributed by atoms with van der Waals surface area (Å²) in [5.41, 5.74) is 0.357. The Balaban J connectivity index is 1.41. The summed E-state index contributed by atoms with van der Waals surface area (Å²) in [6, 6.07) is 2.59. The Morgan fingerprint density at radius 2 is 2.03 bits per heavy atom. The summed E-state index contributed by atoms with van der Waals surface area (Å²) in [4.78, 5) is 19.8. The lowest BCUT2D eigenvalue weighted by molar-refractivity contribution is -0.124. The fraction of sp³-hybridized carbons (Fsp3) is 0.522. The topological polar surface area (TPSA) is 101 Å². The smallest absolute Gasteiger partial charge is 0.249 e. The molecule has 3 fully saturated rings. The van der Waals surface area contributed by atoms with E-state index in [4.69, 9.17) is 9.72 Å². The van der Waals surface area contributed by atoms with Crippen LogP contribution in [-0.2, 0) is 9.53 Å². The van der Waals surface area contributed by atoms with Crippen molar-refractivity contribution >= 4 is 17.2 Å². The number of anilines is 1. The van der Waals surface area contributed by atoms with Gasteiger partial charge < -0.3 is 4.74 Å². The molecule has 0 aromatic carbocycles. The molecule has 4 heterocycles. The predicted molar refractivity (Wildman–Crippen MR) is 116 cm³/mol. The molecule has 0 bridgehead atoms. The van der Waals surface area contributed by atoms with E-state index in [1.807, 2.05) is 17.8 Å². The molecule has 3 aromatic heterocycles. The largest absolute Gasteiger partial charge is 0.381 e. The number of fused-ring (bicyclic) bond motifs is 1. The molecule has 2 aliphatic carbocycles. The van der Waals surface area contributed by atoms with E-state index in [0.29, 0.717) is 12.2 Å². The Bertz CT molecular complexity index is 1300. The summed E-state index contributed by atoms with van der Waals surface area (Å²) in [5, 5.41) is 18.6. The molecule has 0 N–H and O–H groups in total. The van der Waals surface area contributed by atoms with Gasteiger partial charge in [-0.05, 0) is 31.6 Å². The highest BCUT2D eigenvalue weighted by Crippen LogP contribution is 2.54. The van der Waals surface area contributed by atoms with E-state index < -0.39 is 11.2 Å². The average Bonchev–Trinajstić information content (AvgIpc) is 3.30. The van der Waals surface area contributed by atoms with Crippen LogP contribution in [0.1, 0.15) is 38.6 Å². The Labute approximate surface area is 189 Å². The third-order valence-electron chi connectivity index (χ3n) is 7.60. The molecule has 2 saturated carbocycles. The van der Waals surface area contributed by atoms with Crippen molar-refractivity contribution < 1.29 is 13.9 Å². The standard InChI is InChI=1S/C23H24FN7O2/c1-13-9-29(22(32)23(13,12-25)15-3-4-15)21-20-18(24)8-27-31(20)11-19(28-21)14-7-26-30(10-14)16-5-17(6-16)33-2/h7-8,10-11,13,15-17H,3-6,9H2,1-2H3. The highest BCUT2D eigenvalue weighted by atomic mass is 19.1. The van der Waals surface area contributed by atoms with Crippen molar-refractivity contribution in [2.24, 2.45) is 17.3 Å². The minimum absolute atomic E-state index is 0.0561. The van der Waals surface area contributed by atoms with Crippen LogP contribution in [0.5, 0.6) is 0 Å². The first-order chi connectivity index (χ1) is 16.0. The average molecular weight is 449 g/mol. The van der Waals surface area contributed by atoms with Crippen molar-refractivity contribution in [3.63, 3.8) is 0 Å². The number of carbonyl (C=O) groups excluding carboxylic acids is 1. The highest BCUT2D eigenvalue weighted by molar-refractivity contribution is 6.04. The van der Waals surface area contributed by atoms with Crippen LogP contribution < -0.4 is 4.90 Å². The van der Waals surface area contributed by atoms with E-state index in [1.54, 1.807) is 19.5 Å². The fourth-order valence-corrected chi connectivity index (χ4v) is 5.39. The Morgan fingerprint density at radius 3 is 2.73 bits per heavy atom. The summed E-state index contributed by atoms with van der Waals surface area (Å²) in [6.07, 6.45) is 10.2. The van der Waals surface area contributed by atoms with Crippen molar-refractivity contribution in [3.8, 4) is 17.3 Å². The van der Waals surface area contributed by atoms with Gasteiger partial charge in [0, 0.05) is 31.3 Å². The maximum Gasteiger partial charge on any atom is 0.249 e. The number of nitriles is 1. The van der Waals surface area contributed by atoms with Crippen LogP contribution in [0.15, 0.2) is 24.8 Å². The van der Waals surface area contributed by atoms with Crippen LogP contribution in [0.2, 0.25) is 0 Å². The third-order valence-corrected chi connectivity index (χ3v) is 7.60. The summed E-state index contributed by atoms with van der Waals surface area (Å²) in [6.45, 7) is 2.24. The van der Waals surface area contributed by atoms with Crippen molar-refractivity contribution in [2.45, 2.75) is 44.8 Å². The number of aromatic nitrogens is 5. The molecular weight excluding hydrogens is 425 g/mol. The third kappa shape index (κ3) is 2.85. The molecule has 170 valence electrons. The van der Waals surface area contributed by atoms with Crippen LogP contribution in [0, 0.1) is 34.4 Å². The molecule has 1 saturated heterocycles. The molecule has 33 heavy (non-hydrogen) atoms. The van der Waals surface area contributed by atoms with Gasteiger partial charge in [0.1, 0.15) is 10.9 Å². The molecule has 2 unspecified atom stereocenters. The number of nitrogens with zero attached hydrogens (tertiary/aromatic N) is 7. The summed E-state index contributed by atoms with van der Waals surface area (Å²) < 4.78 is 23.4. The van der Waals surface area contributed by atoms with E-state index in [-0.39, 0.29) is 41.2 Å². The van der Waals surface area contributed by atoms with E-state index in [0.717, 1.165) is 37.4 Å². The molecule has 6 rings (SSSR count). The highest BCUT2D eigenvalue weighted by Gasteiger charge is 2.61.